The van der Waals surface area contributed by atoms with Crippen molar-refractivity contribution >= 4 is 5.69 Å². The van der Waals surface area contributed by atoms with Crippen LogP contribution in [0.2, 0.25) is 0 Å². The average Bonchev–Trinajstić information content (AvgIpc) is 2.31. The van der Waals surface area contributed by atoms with Crippen molar-refractivity contribution in [1.29, 1.82) is 0 Å². The molecule has 0 atom stereocenters. The molecule has 0 amide bonds. The SMILES string of the molecule is CCC[N+](CCC)(CCC)c1ccccc1. The largest absolute Gasteiger partial charge is 0.291 e. The first-order chi connectivity index (χ1) is 7.79. The van der Waals surface area contributed by atoms with Gasteiger partial charge in [-0.3, -0.25) is 4.48 Å². The van der Waals surface area contributed by atoms with E-state index in [9.17, 15) is 0 Å². The van der Waals surface area contributed by atoms with E-state index >= 15 is 0 Å². The average molecular weight is 220 g/mol. The third kappa shape index (κ3) is 3.08. The minimum atomic E-state index is 1.17. The van der Waals surface area contributed by atoms with E-state index in [2.05, 4.69) is 51.1 Å². The highest BCUT2D eigenvalue weighted by Gasteiger charge is 2.27. The lowest BCUT2D eigenvalue weighted by Crippen LogP contribution is -2.51. The molecule has 0 saturated carbocycles. The van der Waals surface area contributed by atoms with E-state index < -0.39 is 0 Å². The van der Waals surface area contributed by atoms with E-state index in [1.54, 1.807) is 0 Å². The first-order valence-corrected chi connectivity index (χ1v) is 6.70. The summed E-state index contributed by atoms with van der Waals surface area (Å²) >= 11 is 0. The number of hydrogen-bond donors (Lipinski definition) is 0. The molecule has 0 aromatic heterocycles. The second kappa shape index (κ2) is 6.70. The highest BCUT2D eigenvalue weighted by atomic mass is 15.4. The molecule has 0 aliphatic carbocycles. The predicted octanol–water partition coefficient (Wildman–Crippen LogP) is 4.22. The molecule has 0 heterocycles. The molecule has 0 unspecified atom stereocenters. The monoisotopic (exact) mass is 220 g/mol. The van der Waals surface area contributed by atoms with Crippen LogP contribution in [0.5, 0.6) is 0 Å². The topological polar surface area (TPSA) is 0 Å². The number of para-hydroxylation sites is 1. The predicted molar refractivity (Wildman–Crippen MR) is 73.7 cm³/mol. The van der Waals surface area contributed by atoms with Crippen molar-refractivity contribution in [3.63, 3.8) is 0 Å². The van der Waals surface area contributed by atoms with Crippen molar-refractivity contribution in [3.05, 3.63) is 30.3 Å². The van der Waals surface area contributed by atoms with Gasteiger partial charge < -0.3 is 0 Å². The molecule has 0 aliphatic rings. The van der Waals surface area contributed by atoms with E-state index in [1.165, 1.54) is 49.1 Å². The van der Waals surface area contributed by atoms with Crippen molar-refractivity contribution in [2.45, 2.75) is 40.0 Å². The molecular weight excluding hydrogens is 194 g/mol. The van der Waals surface area contributed by atoms with Gasteiger partial charge in [0.05, 0.1) is 19.6 Å². The van der Waals surface area contributed by atoms with Gasteiger partial charge in [0.2, 0.25) is 0 Å². The van der Waals surface area contributed by atoms with E-state index in [0.717, 1.165) is 0 Å². The van der Waals surface area contributed by atoms with E-state index in [0.29, 0.717) is 0 Å². The highest BCUT2D eigenvalue weighted by molar-refractivity contribution is 5.42. The van der Waals surface area contributed by atoms with Gasteiger partial charge in [0.1, 0.15) is 5.69 Å². The number of hydrogen-bond acceptors (Lipinski definition) is 0. The van der Waals surface area contributed by atoms with Crippen LogP contribution in [-0.2, 0) is 0 Å². The smallest absolute Gasteiger partial charge is 0.132 e. The minimum Gasteiger partial charge on any atom is -0.291 e. The summed E-state index contributed by atoms with van der Waals surface area (Å²) in [5.41, 5.74) is 1.49. The third-order valence-electron chi connectivity index (χ3n) is 3.26. The lowest BCUT2D eigenvalue weighted by atomic mass is 10.1. The van der Waals surface area contributed by atoms with Crippen molar-refractivity contribution in [2.24, 2.45) is 0 Å². The van der Waals surface area contributed by atoms with Gasteiger partial charge in [-0.2, -0.15) is 0 Å². The third-order valence-corrected chi connectivity index (χ3v) is 3.26. The van der Waals surface area contributed by atoms with Crippen LogP contribution in [0.3, 0.4) is 0 Å². The number of benzene rings is 1. The molecule has 16 heavy (non-hydrogen) atoms. The van der Waals surface area contributed by atoms with Gasteiger partial charge in [0, 0.05) is 0 Å². The van der Waals surface area contributed by atoms with Gasteiger partial charge in [-0.25, -0.2) is 0 Å². The molecule has 0 N–H and O–H groups in total. The van der Waals surface area contributed by atoms with Gasteiger partial charge in [-0.1, -0.05) is 39.0 Å². The summed E-state index contributed by atoms with van der Waals surface area (Å²) < 4.78 is 1.17. The number of quaternary nitrogens is 1. The van der Waals surface area contributed by atoms with Crippen molar-refractivity contribution in [2.75, 3.05) is 19.6 Å². The molecule has 0 bridgehead atoms. The van der Waals surface area contributed by atoms with Crippen LogP contribution < -0.4 is 4.48 Å². The summed E-state index contributed by atoms with van der Waals surface area (Å²) in [5, 5.41) is 0. The van der Waals surface area contributed by atoms with Crippen LogP contribution in [0, 0.1) is 0 Å². The summed E-state index contributed by atoms with van der Waals surface area (Å²) in [6.07, 6.45) is 3.78. The van der Waals surface area contributed by atoms with Gasteiger partial charge in [0.25, 0.3) is 0 Å². The fraction of sp³-hybridized carbons (Fsp3) is 0.600. The Hall–Kier alpha value is -0.820. The van der Waals surface area contributed by atoms with E-state index in [1.807, 2.05) is 0 Å². The van der Waals surface area contributed by atoms with E-state index in [-0.39, 0.29) is 0 Å². The Morgan fingerprint density at radius 2 is 1.19 bits per heavy atom. The molecule has 1 rings (SSSR count). The molecule has 90 valence electrons. The van der Waals surface area contributed by atoms with Crippen molar-refractivity contribution in [1.82, 2.24) is 4.48 Å². The summed E-state index contributed by atoms with van der Waals surface area (Å²) in [6.45, 7) is 10.7. The Morgan fingerprint density at radius 3 is 1.56 bits per heavy atom. The maximum absolute atomic E-state index is 2.29. The zero-order valence-corrected chi connectivity index (χ0v) is 11.1. The van der Waals surface area contributed by atoms with Crippen molar-refractivity contribution in [3.8, 4) is 0 Å². The highest BCUT2D eigenvalue weighted by Crippen LogP contribution is 2.24. The van der Waals surface area contributed by atoms with E-state index in [4.69, 9.17) is 0 Å². The molecule has 1 heteroatoms. The molecule has 0 spiro atoms. The van der Waals surface area contributed by atoms with Crippen LogP contribution >= 0.6 is 0 Å². The zero-order valence-electron chi connectivity index (χ0n) is 11.1. The Morgan fingerprint density at radius 1 is 0.750 bits per heavy atom. The molecular formula is C15H26N+. The van der Waals surface area contributed by atoms with Gasteiger partial charge in [-0.15, -0.1) is 0 Å². The fourth-order valence-corrected chi connectivity index (χ4v) is 2.75. The normalized spacial score (nSPS) is 11.7. The first kappa shape index (κ1) is 13.2. The standard InChI is InChI=1S/C15H26N/c1-4-12-16(13-5-2,14-6-3)15-10-8-7-9-11-15/h7-11H,4-6,12-14H2,1-3H3/q+1. The maximum Gasteiger partial charge on any atom is 0.132 e. The molecule has 0 aliphatic heterocycles. The van der Waals surface area contributed by atoms with Crippen LogP contribution in [-0.4, -0.2) is 19.6 Å². The van der Waals surface area contributed by atoms with Gasteiger partial charge in [-0.05, 0) is 31.4 Å². The Bertz CT molecular complexity index is 262. The second-order valence-electron chi connectivity index (χ2n) is 4.65. The Balaban J connectivity index is 2.99. The lowest BCUT2D eigenvalue weighted by molar-refractivity contribution is 0.273. The molecule has 0 radical (unpaired) electrons. The van der Waals surface area contributed by atoms with Gasteiger partial charge in [0.15, 0.2) is 0 Å². The Kier molecular flexibility index (Phi) is 5.54. The summed E-state index contributed by atoms with van der Waals surface area (Å²) in [5.74, 6) is 0. The van der Waals surface area contributed by atoms with Crippen LogP contribution in [0.4, 0.5) is 5.69 Å². The summed E-state index contributed by atoms with van der Waals surface area (Å²) in [7, 11) is 0. The van der Waals surface area contributed by atoms with Crippen LogP contribution in [0.15, 0.2) is 30.3 Å². The number of nitrogens with zero attached hydrogens (tertiary/aromatic N) is 1. The zero-order chi connectivity index (χ0) is 11.9. The molecule has 0 saturated heterocycles. The molecule has 0 fully saturated rings. The lowest BCUT2D eigenvalue weighted by Gasteiger charge is -2.38. The molecule has 1 aromatic rings. The Labute approximate surface area is 101 Å². The quantitative estimate of drug-likeness (QED) is 0.603. The fourth-order valence-electron chi connectivity index (χ4n) is 2.75. The second-order valence-corrected chi connectivity index (χ2v) is 4.65. The molecule has 1 nitrogen and oxygen atoms in total. The maximum atomic E-state index is 2.29. The first-order valence-electron chi connectivity index (χ1n) is 6.70. The van der Waals surface area contributed by atoms with Gasteiger partial charge >= 0.3 is 0 Å². The molecule has 1 aromatic carbocycles. The van der Waals surface area contributed by atoms with Crippen LogP contribution in [0.25, 0.3) is 0 Å². The summed E-state index contributed by atoms with van der Waals surface area (Å²) in [4.78, 5) is 0. The van der Waals surface area contributed by atoms with Crippen LogP contribution in [0.1, 0.15) is 40.0 Å². The number of rotatable bonds is 7. The minimum absolute atomic E-state index is 1.17. The van der Waals surface area contributed by atoms with Crippen molar-refractivity contribution < 1.29 is 0 Å². The summed E-state index contributed by atoms with van der Waals surface area (Å²) in [6, 6.07) is 11.0.